The van der Waals surface area contributed by atoms with Gasteiger partial charge in [0.15, 0.2) is 0 Å². The Morgan fingerprint density at radius 3 is 2.38 bits per heavy atom. The van der Waals surface area contributed by atoms with Crippen LogP contribution in [0.3, 0.4) is 0 Å². The summed E-state index contributed by atoms with van der Waals surface area (Å²) < 4.78 is 5.39. The third-order valence-corrected chi connectivity index (χ3v) is 5.53. The molecule has 5 heteroatoms. The number of likely N-dealkylation sites (N-methyl/N-ethyl adjacent to an activating group) is 1. The smallest absolute Gasteiger partial charge is 0.227 e. The number of nitrogens with one attached hydrogen (secondary N) is 1. The van der Waals surface area contributed by atoms with E-state index in [0.717, 1.165) is 44.7 Å². The van der Waals surface area contributed by atoms with Crippen molar-refractivity contribution in [2.45, 2.75) is 39.0 Å². The van der Waals surface area contributed by atoms with E-state index in [-0.39, 0.29) is 17.2 Å². The highest BCUT2D eigenvalue weighted by molar-refractivity contribution is 5.94. The van der Waals surface area contributed by atoms with Crippen molar-refractivity contribution in [3.63, 3.8) is 0 Å². The topological polar surface area (TPSA) is 44.8 Å². The fourth-order valence-electron chi connectivity index (χ4n) is 3.75. The van der Waals surface area contributed by atoms with E-state index in [4.69, 9.17) is 4.74 Å². The molecule has 3 rings (SSSR count). The van der Waals surface area contributed by atoms with Gasteiger partial charge in [0, 0.05) is 56.7 Å². The van der Waals surface area contributed by atoms with E-state index in [1.54, 1.807) is 0 Å². The highest BCUT2D eigenvalue weighted by Gasteiger charge is 2.25. The first-order chi connectivity index (χ1) is 12.3. The van der Waals surface area contributed by atoms with Crippen LogP contribution >= 0.6 is 0 Å². The highest BCUT2D eigenvalue weighted by atomic mass is 16.5. The van der Waals surface area contributed by atoms with Crippen LogP contribution in [0.1, 0.15) is 39.2 Å². The van der Waals surface area contributed by atoms with Gasteiger partial charge in [0.05, 0.1) is 0 Å². The molecule has 0 spiro atoms. The van der Waals surface area contributed by atoms with Crippen LogP contribution < -0.4 is 10.2 Å². The molecular weight excluding hydrogens is 326 g/mol. The minimum Gasteiger partial charge on any atom is -0.381 e. The number of nitrogens with zero attached hydrogens (tertiary/aromatic N) is 2. The van der Waals surface area contributed by atoms with E-state index < -0.39 is 0 Å². The number of hydrogen-bond acceptors (Lipinski definition) is 4. The molecule has 1 aromatic rings. The first kappa shape index (κ1) is 19.2. The summed E-state index contributed by atoms with van der Waals surface area (Å²) in [4.78, 5) is 17.6. The molecule has 1 N–H and O–H groups in total. The minimum atomic E-state index is -0.0149. The zero-order chi connectivity index (χ0) is 18.7. The molecule has 2 aliphatic heterocycles. The second kappa shape index (κ2) is 7.97. The first-order valence-electron chi connectivity index (χ1n) is 9.81. The summed E-state index contributed by atoms with van der Waals surface area (Å²) in [5.41, 5.74) is 3.34. The van der Waals surface area contributed by atoms with E-state index >= 15 is 0 Å². The maximum absolute atomic E-state index is 12.8. The average Bonchev–Trinajstić information content (AvgIpc) is 2.62. The van der Waals surface area contributed by atoms with Gasteiger partial charge in [-0.2, -0.15) is 0 Å². The molecule has 0 atom stereocenters. The second-order valence-electron chi connectivity index (χ2n) is 8.65. The SMILES string of the molecule is CN1CCN(c2ccc(C(C)(C)C)c(NC(=O)C3CCOCC3)c2)CC1. The molecule has 5 nitrogen and oxygen atoms in total. The van der Waals surface area contributed by atoms with Crippen molar-refractivity contribution in [2.24, 2.45) is 5.92 Å². The van der Waals surface area contributed by atoms with E-state index in [0.29, 0.717) is 13.2 Å². The lowest BCUT2D eigenvalue weighted by atomic mass is 9.85. The van der Waals surface area contributed by atoms with Gasteiger partial charge in [0.25, 0.3) is 0 Å². The average molecular weight is 360 g/mol. The molecule has 1 amide bonds. The van der Waals surface area contributed by atoms with E-state index in [1.807, 2.05) is 0 Å². The summed E-state index contributed by atoms with van der Waals surface area (Å²) >= 11 is 0. The number of carbonyl (C=O) groups excluding carboxylic acids is 1. The van der Waals surface area contributed by atoms with Crippen LogP contribution in [0, 0.1) is 5.92 Å². The zero-order valence-corrected chi connectivity index (χ0v) is 16.7. The Balaban J connectivity index is 1.82. The van der Waals surface area contributed by atoms with Crippen LogP contribution in [0.5, 0.6) is 0 Å². The summed E-state index contributed by atoms with van der Waals surface area (Å²) in [5, 5.41) is 3.24. The lowest BCUT2D eigenvalue weighted by molar-refractivity contribution is -0.122. The molecule has 0 saturated carbocycles. The first-order valence-corrected chi connectivity index (χ1v) is 9.81. The summed E-state index contributed by atoms with van der Waals surface area (Å²) in [7, 11) is 2.17. The van der Waals surface area contributed by atoms with E-state index in [9.17, 15) is 4.79 Å². The molecule has 0 aromatic heterocycles. The van der Waals surface area contributed by atoms with Gasteiger partial charge in [0.1, 0.15) is 0 Å². The Morgan fingerprint density at radius 2 is 1.77 bits per heavy atom. The number of benzene rings is 1. The molecule has 2 aliphatic rings. The van der Waals surface area contributed by atoms with Crippen LogP contribution in [-0.4, -0.2) is 57.2 Å². The monoisotopic (exact) mass is 359 g/mol. The maximum Gasteiger partial charge on any atom is 0.227 e. The molecule has 144 valence electrons. The third-order valence-electron chi connectivity index (χ3n) is 5.53. The van der Waals surface area contributed by atoms with E-state index in [1.165, 1.54) is 11.3 Å². The van der Waals surface area contributed by atoms with Crippen LogP contribution in [-0.2, 0) is 14.9 Å². The molecule has 0 aliphatic carbocycles. The van der Waals surface area contributed by atoms with Crippen molar-refractivity contribution in [3.8, 4) is 0 Å². The van der Waals surface area contributed by atoms with Gasteiger partial charge in [0.2, 0.25) is 5.91 Å². The number of hydrogen-bond donors (Lipinski definition) is 1. The van der Waals surface area contributed by atoms with Gasteiger partial charge >= 0.3 is 0 Å². The normalized spacial score (nSPS) is 20.2. The predicted molar refractivity (Wildman–Crippen MR) is 107 cm³/mol. The quantitative estimate of drug-likeness (QED) is 0.901. The molecule has 0 radical (unpaired) electrons. The Labute approximate surface area is 157 Å². The number of anilines is 2. The van der Waals surface area contributed by atoms with Gasteiger partial charge in [-0.25, -0.2) is 0 Å². The Hall–Kier alpha value is -1.59. The zero-order valence-electron chi connectivity index (χ0n) is 16.7. The van der Waals surface area contributed by atoms with Crippen LogP contribution in [0.4, 0.5) is 11.4 Å². The largest absolute Gasteiger partial charge is 0.381 e. The van der Waals surface area contributed by atoms with Gasteiger partial charge in [-0.05, 0) is 43.0 Å². The molecule has 0 bridgehead atoms. The van der Waals surface area contributed by atoms with Crippen molar-refractivity contribution < 1.29 is 9.53 Å². The summed E-state index contributed by atoms with van der Waals surface area (Å²) in [5.74, 6) is 0.193. The van der Waals surface area contributed by atoms with Crippen molar-refractivity contribution in [1.82, 2.24) is 4.90 Å². The summed E-state index contributed by atoms with van der Waals surface area (Å²) in [6.45, 7) is 12.2. The lowest BCUT2D eigenvalue weighted by Crippen LogP contribution is -2.44. The number of ether oxygens (including phenoxy) is 1. The molecular formula is C21H33N3O2. The minimum absolute atomic E-state index is 0.0149. The van der Waals surface area contributed by atoms with Gasteiger partial charge in [-0.1, -0.05) is 26.8 Å². The fraction of sp³-hybridized carbons (Fsp3) is 0.667. The lowest BCUT2D eigenvalue weighted by Gasteiger charge is -2.35. The molecule has 2 heterocycles. The number of amides is 1. The predicted octanol–water partition coefficient (Wildman–Crippen LogP) is 3.10. The van der Waals surface area contributed by atoms with Crippen LogP contribution in [0.2, 0.25) is 0 Å². The molecule has 26 heavy (non-hydrogen) atoms. The second-order valence-corrected chi connectivity index (χ2v) is 8.65. The van der Waals surface area contributed by atoms with E-state index in [2.05, 4.69) is 61.1 Å². The van der Waals surface area contributed by atoms with Gasteiger partial charge < -0.3 is 19.9 Å². The van der Waals surface area contributed by atoms with Crippen LogP contribution in [0.25, 0.3) is 0 Å². The Morgan fingerprint density at radius 1 is 1.12 bits per heavy atom. The number of carbonyl (C=O) groups is 1. The van der Waals surface area contributed by atoms with Crippen molar-refractivity contribution in [3.05, 3.63) is 23.8 Å². The molecule has 1 aromatic carbocycles. The highest BCUT2D eigenvalue weighted by Crippen LogP contribution is 2.34. The Bertz CT molecular complexity index is 625. The van der Waals surface area contributed by atoms with Crippen molar-refractivity contribution in [1.29, 1.82) is 0 Å². The van der Waals surface area contributed by atoms with Crippen molar-refractivity contribution in [2.75, 3.05) is 56.7 Å². The van der Waals surface area contributed by atoms with Crippen LogP contribution in [0.15, 0.2) is 18.2 Å². The van der Waals surface area contributed by atoms with Gasteiger partial charge in [-0.3, -0.25) is 4.79 Å². The number of piperazine rings is 1. The molecule has 2 fully saturated rings. The van der Waals surface area contributed by atoms with Gasteiger partial charge in [-0.15, -0.1) is 0 Å². The molecule has 0 unspecified atom stereocenters. The fourth-order valence-corrected chi connectivity index (χ4v) is 3.75. The molecule has 2 saturated heterocycles. The summed E-state index contributed by atoms with van der Waals surface area (Å²) in [6.07, 6.45) is 1.63. The standard InChI is InChI=1S/C21H33N3O2/c1-21(2,3)18-6-5-17(24-11-9-23(4)10-12-24)15-19(18)22-20(25)16-7-13-26-14-8-16/h5-6,15-16H,7-14H2,1-4H3,(H,22,25). The maximum atomic E-state index is 12.8. The Kier molecular flexibility index (Phi) is 5.88. The number of rotatable bonds is 3. The summed E-state index contributed by atoms with van der Waals surface area (Å²) in [6, 6.07) is 6.56. The van der Waals surface area contributed by atoms with Crippen molar-refractivity contribution >= 4 is 17.3 Å². The third kappa shape index (κ3) is 4.57.